The van der Waals surface area contributed by atoms with Crippen LogP contribution in [0.1, 0.15) is 48.6 Å². The lowest BCUT2D eigenvalue weighted by Gasteiger charge is -2.32. The first kappa shape index (κ1) is 30.9. The van der Waals surface area contributed by atoms with Crippen molar-refractivity contribution in [3.05, 3.63) is 94.5 Å². The van der Waals surface area contributed by atoms with Gasteiger partial charge in [-0.3, -0.25) is 13.9 Å². The number of hydrogen-bond acceptors (Lipinski definition) is 4. The van der Waals surface area contributed by atoms with E-state index in [4.69, 9.17) is 0 Å². The van der Waals surface area contributed by atoms with Crippen LogP contribution in [0, 0.1) is 33.6 Å². The number of nitrogens with one attached hydrogen (secondary N) is 1. The van der Waals surface area contributed by atoms with E-state index in [0.717, 1.165) is 32.1 Å². The van der Waals surface area contributed by atoms with E-state index in [-0.39, 0.29) is 23.3 Å². The zero-order valence-corrected chi connectivity index (χ0v) is 25.4. The van der Waals surface area contributed by atoms with E-state index in [0.29, 0.717) is 12.2 Å². The van der Waals surface area contributed by atoms with Crippen LogP contribution in [0.4, 0.5) is 5.69 Å². The smallest absolute Gasteiger partial charge is 0.264 e. The molecule has 0 aliphatic heterocycles. The Bertz CT molecular complexity index is 1430. The van der Waals surface area contributed by atoms with Crippen LogP contribution in [0.2, 0.25) is 0 Å². The monoisotopic (exact) mass is 563 g/mol. The lowest BCUT2D eigenvalue weighted by atomic mass is 10.1. The molecular weight excluding hydrogens is 522 g/mol. The van der Waals surface area contributed by atoms with E-state index in [2.05, 4.69) is 5.32 Å². The average Bonchev–Trinajstić information content (AvgIpc) is 2.88. The van der Waals surface area contributed by atoms with E-state index in [1.165, 1.54) is 4.90 Å². The van der Waals surface area contributed by atoms with E-state index in [9.17, 15) is 18.0 Å². The van der Waals surface area contributed by atoms with Gasteiger partial charge in [-0.25, -0.2) is 8.42 Å². The molecule has 0 saturated carbocycles. The highest BCUT2D eigenvalue weighted by atomic mass is 32.2. The molecular formula is C32H41N3O4S. The number of sulfonamides is 1. The summed E-state index contributed by atoms with van der Waals surface area (Å²) in [5.74, 6) is -0.505. The molecule has 2 amide bonds. The van der Waals surface area contributed by atoms with Gasteiger partial charge in [-0.15, -0.1) is 0 Å². The van der Waals surface area contributed by atoms with Crippen LogP contribution in [-0.4, -0.2) is 44.3 Å². The van der Waals surface area contributed by atoms with Crippen LogP contribution in [0.5, 0.6) is 0 Å². The molecule has 7 nitrogen and oxygen atoms in total. The standard InChI is InChI=1S/C32H41N3O4S/c1-22(2)19-33-32(37)27(7)34(20-28-10-8-9-24(4)16-28)31(36)21-35(29-17-25(5)15-26(6)18-29)40(38,39)30-13-11-23(3)12-14-30/h8-18,22,27H,19-21H2,1-7H3,(H,33,37)/t27-/m1/s1. The van der Waals surface area contributed by atoms with Gasteiger partial charge in [0.2, 0.25) is 11.8 Å². The number of amides is 2. The average molecular weight is 564 g/mol. The van der Waals surface area contributed by atoms with Crippen molar-refractivity contribution in [1.82, 2.24) is 10.2 Å². The Morgan fingerprint density at radius 3 is 2.00 bits per heavy atom. The highest BCUT2D eigenvalue weighted by Crippen LogP contribution is 2.27. The lowest BCUT2D eigenvalue weighted by Crippen LogP contribution is -2.51. The molecule has 214 valence electrons. The Morgan fingerprint density at radius 2 is 1.43 bits per heavy atom. The summed E-state index contributed by atoms with van der Waals surface area (Å²) in [7, 11) is -4.09. The maximum atomic E-state index is 14.0. The largest absolute Gasteiger partial charge is 0.354 e. The molecule has 3 rings (SSSR count). The SMILES string of the molecule is Cc1ccc(S(=O)(=O)N(CC(=O)N(Cc2cccc(C)c2)[C@H](C)C(=O)NCC(C)C)c2cc(C)cc(C)c2)cc1. The van der Waals surface area contributed by atoms with Crippen LogP contribution in [0.3, 0.4) is 0 Å². The Balaban J connectivity index is 2.05. The zero-order chi connectivity index (χ0) is 29.6. The molecule has 0 radical (unpaired) electrons. The fourth-order valence-electron chi connectivity index (χ4n) is 4.50. The minimum Gasteiger partial charge on any atom is -0.354 e. The van der Waals surface area contributed by atoms with E-state index < -0.39 is 28.5 Å². The number of carbonyl (C=O) groups excluding carboxylic acids is 2. The molecule has 1 N–H and O–H groups in total. The van der Waals surface area contributed by atoms with E-state index >= 15 is 0 Å². The summed E-state index contributed by atoms with van der Waals surface area (Å²) < 4.78 is 29.1. The van der Waals surface area contributed by atoms with Gasteiger partial charge in [-0.1, -0.05) is 67.4 Å². The zero-order valence-electron chi connectivity index (χ0n) is 24.6. The van der Waals surface area contributed by atoms with Crippen molar-refractivity contribution in [1.29, 1.82) is 0 Å². The molecule has 0 fully saturated rings. The highest BCUT2D eigenvalue weighted by molar-refractivity contribution is 7.92. The van der Waals surface area contributed by atoms with Crippen molar-refractivity contribution in [3.8, 4) is 0 Å². The van der Waals surface area contributed by atoms with Crippen molar-refractivity contribution in [2.24, 2.45) is 5.92 Å². The third kappa shape index (κ3) is 7.94. The molecule has 0 aliphatic carbocycles. The molecule has 0 aromatic heterocycles. The van der Waals surface area contributed by atoms with Gasteiger partial charge >= 0.3 is 0 Å². The number of carbonyl (C=O) groups is 2. The minimum atomic E-state index is -4.09. The molecule has 0 bridgehead atoms. The molecule has 0 unspecified atom stereocenters. The third-order valence-electron chi connectivity index (χ3n) is 6.67. The van der Waals surface area contributed by atoms with Gasteiger partial charge in [-0.05, 0) is 81.5 Å². The van der Waals surface area contributed by atoms with Gasteiger partial charge in [0, 0.05) is 13.1 Å². The van der Waals surface area contributed by atoms with Gasteiger partial charge in [0.25, 0.3) is 10.0 Å². The van der Waals surface area contributed by atoms with Crippen LogP contribution in [0.15, 0.2) is 71.6 Å². The maximum absolute atomic E-state index is 14.0. The summed E-state index contributed by atoms with van der Waals surface area (Å²) in [6.07, 6.45) is 0. The topological polar surface area (TPSA) is 86.8 Å². The van der Waals surface area contributed by atoms with Gasteiger partial charge in [0.05, 0.1) is 10.6 Å². The van der Waals surface area contributed by atoms with Crippen molar-refractivity contribution in [2.45, 2.75) is 65.9 Å². The molecule has 3 aromatic rings. The lowest BCUT2D eigenvalue weighted by molar-refractivity contribution is -0.139. The van der Waals surface area contributed by atoms with Crippen LogP contribution in [0.25, 0.3) is 0 Å². The summed E-state index contributed by atoms with van der Waals surface area (Å²) in [4.78, 5) is 28.7. The number of hydrogen-bond donors (Lipinski definition) is 1. The predicted octanol–water partition coefficient (Wildman–Crippen LogP) is 5.31. The normalized spacial score (nSPS) is 12.2. The van der Waals surface area contributed by atoms with Gasteiger partial charge in [0.15, 0.2) is 0 Å². The summed E-state index contributed by atoms with van der Waals surface area (Å²) in [5.41, 5.74) is 4.98. The van der Waals surface area contributed by atoms with Crippen molar-refractivity contribution < 1.29 is 18.0 Å². The van der Waals surface area contributed by atoms with Crippen LogP contribution in [-0.2, 0) is 26.2 Å². The van der Waals surface area contributed by atoms with Crippen LogP contribution < -0.4 is 9.62 Å². The van der Waals surface area contributed by atoms with E-state index in [1.807, 2.05) is 71.9 Å². The number of aryl methyl sites for hydroxylation is 4. The van der Waals surface area contributed by atoms with E-state index in [1.54, 1.807) is 43.3 Å². The quantitative estimate of drug-likeness (QED) is 0.343. The van der Waals surface area contributed by atoms with Crippen molar-refractivity contribution in [2.75, 3.05) is 17.4 Å². The second-order valence-corrected chi connectivity index (χ2v) is 12.9. The molecule has 8 heteroatoms. The Hall–Kier alpha value is -3.65. The minimum absolute atomic E-state index is 0.0954. The maximum Gasteiger partial charge on any atom is 0.264 e. The van der Waals surface area contributed by atoms with Crippen molar-refractivity contribution >= 4 is 27.5 Å². The van der Waals surface area contributed by atoms with Crippen LogP contribution >= 0.6 is 0 Å². The molecule has 0 heterocycles. The second kappa shape index (κ2) is 13.1. The third-order valence-corrected chi connectivity index (χ3v) is 8.46. The number of rotatable bonds is 11. The highest BCUT2D eigenvalue weighted by Gasteiger charge is 2.32. The molecule has 40 heavy (non-hydrogen) atoms. The fourth-order valence-corrected chi connectivity index (χ4v) is 5.90. The first-order chi connectivity index (χ1) is 18.8. The van der Waals surface area contributed by atoms with Gasteiger partial charge < -0.3 is 10.2 Å². The van der Waals surface area contributed by atoms with Gasteiger partial charge in [-0.2, -0.15) is 0 Å². The second-order valence-electron chi connectivity index (χ2n) is 11.0. The predicted molar refractivity (Wildman–Crippen MR) is 161 cm³/mol. The summed E-state index contributed by atoms with van der Waals surface area (Å²) in [6, 6.07) is 19.0. The first-order valence-electron chi connectivity index (χ1n) is 13.6. The Labute approximate surface area is 239 Å². The summed E-state index contributed by atoms with van der Waals surface area (Å²) in [6.45, 7) is 13.5. The molecule has 1 atom stereocenters. The Morgan fingerprint density at radius 1 is 0.800 bits per heavy atom. The van der Waals surface area contributed by atoms with Gasteiger partial charge in [0.1, 0.15) is 12.6 Å². The number of anilines is 1. The molecule has 0 spiro atoms. The summed E-state index contributed by atoms with van der Waals surface area (Å²) in [5, 5.41) is 2.91. The number of benzene rings is 3. The molecule has 0 aliphatic rings. The summed E-state index contributed by atoms with van der Waals surface area (Å²) >= 11 is 0. The first-order valence-corrected chi connectivity index (χ1v) is 15.0. The van der Waals surface area contributed by atoms with Crippen molar-refractivity contribution in [3.63, 3.8) is 0 Å². The molecule has 0 saturated heterocycles. The Kier molecular flexibility index (Phi) is 10.1. The molecule has 3 aromatic carbocycles. The fraction of sp³-hybridized carbons (Fsp3) is 0.375. The number of nitrogens with zero attached hydrogens (tertiary/aromatic N) is 2.